The fourth-order valence-electron chi connectivity index (χ4n) is 4.25. The van der Waals surface area contributed by atoms with Crippen molar-refractivity contribution in [3.05, 3.63) is 89.5 Å². The first-order valence-corrected chi connectivity index (χ1v) is 10.8. The molecule has 7 heteroatoms. The van der Waals surface area contributed by atoms with Gasteiger partial charge in [-0.2, -0.15) is 0 Å². The maximum Gasteiger partial charge on any atom is 0.511 e. The highest BCUT2D eigenvalue weighted by atomic mass is 16.7. The van der Waals surface area contributed by atoms with Gasteiger partial charge in [-0.15, -0.1) is 0 Å². The van der Waals surface area contributed by atoms with Gasteiger partial charge in [0.15, 0.2) is 0 Å². The molecule has 0 fully saturated rings. The molecular weight excluding hydrogens is 418 g/mol. The largest absolute Gasteiger partial charge is 0.511 e. The van der Waals surface area contributed by atoms with Crippen LogP contribution in [0, 0.1) is 5.41 Å². The van der Waals surface area contributed by atoms with E-state index in [0.717, 1.165) is 28.8 Å². The molecule has 3 aromatic carbocycles. The number of carbonyl (C=O) groups excluding carboxylic acids is 1. The molecule has 1 aliphatic heterocycles. The minimum absolute atomic E-state index is 0.00497. The Morgan fingerprint density at radius 3 is 2.61 bits per heavy atom. The summed E-state index contributed by atoms with van der Waals surface area (Å²) in [7, 11) is 0. The lowest BCUT2D eigenvalue weighted by atomic mass is 9.73. The van der Waals surface area contributed by atoms with Crippen molar-refractivity contribution in [2.75, 3.05) is 10.6 Å². The summed E-state index contributed by atoms with van der Waals surface area (Å²) in [4.78, 5) is 23.2. The van der Waals surface area contributed by atoms with Gasteiger partial charge in [0.2, 0.25) is 0 Å². The number of carboxylic acid groups (broad SMARTS) is 1. The number of fused-ring (bicyclic) bond motifs is 1. The Morgan fingerprint density at radius 2 is 1.85 bits per heavy atom. The summed E-state index contributed by atoms with van der Waals surface area (Å²) in [5, 5.41) is 18.2. The Labute approximate surface area is 192 Å². The average molecular weight is 446 g/mol. The quantitative estimate of drug-likeness (QED) is 0.294. The van der Waals surface area contributed by atoms with Crippen molar-refractivity contribution < 1.29 is 19.4 Å². The summed E-state index contributed by atoms with van der Waals surface area (Å²) in [5.74, 6) is 0.310. The predicted octanol–water partition coefficient (Wildman–Crippen LogP) is 5.80. The zero-order chi connectivity index (χ0) is 23.4. The van der Waals surface area contributed by atoms with Gasteiger partial charge < -0.3 is 25.8 Å². The lowest BCUT2D eigenvalue weighted by Gasteiger charge is -2.41. The molecule has 0 aromatic heterocycles. The van der Waals surface area contributed by atoms with Crippen LogP contribution in [0.3, 0.4) is 0 Å². The van der Waals surface area contributed by atoms with Gasteiger partial charge in [-0.3, -0.25) is 0 Å². The van der Waals surface area contributed by atoms with Crippen LogP contribution in [-0.2, 0) is 13.0 Å². The van der Waals surface area contributed by atoms with E-state index in [1.807, 2.05) is 60.7 Å². The molecule has 0 radical (unpaired) electrons. The zero-order valence-electron chi connectivity index (χ0n) is 18.6. The molecule has 1 atom stereocenters. The molecular formula is C26H27N3O4. The Balaban J connectivity index is 1.47. The van der Waals surface area contributed by atoms with Gasteiger partial charge in [0, 0.05) is 17.9 Å². The standard InChI is InChI=1S/C26H27N3O4/c1-26(2)15-19-14-21(33-25(31)32)11-12-22(19)29-23(26)18-9-6-10-20(13-18)28-24(30)27-16-17-7-4-3-5-8-17/h3-14,23,29H,15-16H2,1-2H3,(H,31,32)(H2,27,28,30). The van der Waals surface area contributed by atoms with E-state index in [2.05, 4.69) is 29.8 Å². The summed E-state index contributed by atoms with van der Waals surface area (Å²) in [6.07, 6.45) is -0.584. The molecule has 33 heavy (non-hydrogen) atoms. The van der Waals surface area contributed by atoms with Gasteiger partial charge in [0.25, 0.3) is 0 Å². The molecule has 0 aliphatic carbocycles. The second-order valence-corrected chi connectivity index (χ2v) is 8.85. The molecule has 1 unspecified atom stereocenters. The molecule has 1 heterocycles. The van der Waals surface area contributed by atoms with Crippen molar-refractivity contribution in [2.45, 2.75) is 32.9 Å². The van der Waals surface area contributed by atoms with Crippen LogP contribution in [0.5, 0.6) is 5.75 Å². The molecule has 170 valence electrons. The number of benzene rings is 3. The highest BCUT2D eigenvalue weighted by Gasteiger charge is 2.36. The Hall–Kier alpha value is -4.00. The van der Waals surface area contributed by atoms with Crippen LogP contribution in [0.4, 0.5) is 21.0 Å². The smallest absolute Gasteiger partial charge is 0.449 e. The van der Waals surface area contributed by atoms with Crippen LogP contribution in [0.25, 0.3) is 0 Å². The third-order valence-electron chi connectivity index (χ3n) is 5.78. The zero-order valence-corrected chi connectivity index (χ0v) is 18.6. The van der Waals surface area contributed by atoms with Crippen LogP contribution in [0.2, 0.25) is 0 Å². The highest BCUT2D eigenvalue weighted by molar-refractivity contribution is 5.89. The van der Waals surface area contributed by atoms with Gasteiger partial charge >= 0.3 is 12.2 Å². The van der Waals surface area contributed by atoms with Crippen LogP contribution in [-0.4, -0.2) is 17.3 Å². The molecule has 0 bridgehead atoms. The molecule has 4 N–H and O–H groups in total. The van der Waals surface area contributed by atoms with Gasteiger partial charge in [-0.1, -0.05) is 56.3 Å². The number of urea groups is 1. The number of ether oxygens (including phenoxy) is 1. The highest BCUT2D eigenvalue weighted by Crippen LogP contribution is 2.45. The molecule has 1 aliphatic rings. The number of anilines is 2. The molecule has 4 rings (SSSR count). The first kappa shape index (κ1) is 22.2. The number of rotatable bonds is 5. The molecule has 0 saturated carbocycles. The van der Waals surface area contributed by atoms with Gasteiger partial charge in [-0.25, -0.2) is 9.59 Å². The van der Waals surface area contributed by atoms with Crippen LogP contribution in [0.1, 0.15) is 36.6 Å². The molecule has 7 nitrogen and oxygen atoms in total. The van der Waals surface area contributed by atoms with Crippen molar-refractivity contribution >= 4 is 23.6 Å². The van der Waals surface area contributed by atoms with Gasteiger partial charge in [0.1, 0.15) is 5.75 Å². The Bertz CT molecular complexity index is 1160. The first-order valence-electron chi connectivity index (χ1n) is 10.8. The molecule has 2 amide bonds. The normalized spacial score (nSPS) is 16.1. The summed E-state index contributed by atoms with van der Waals surface area (Å²) < 4.78 is 4.80. The van der Waals surface area contributed by atoms with Crippen molar-refractivity contribution in [1.29, 1.82) is 0 Å². The SMILES string of the molecule is CC1(C)Cc2cc(OC(=O)O)ccc2NC1c1cccc(NC(=O)NCc2ccccc2)c1. The number of hydrogen-bond acceptors (Lipinski definition) is 4. The molecule has 0 spiro atoms. The van der Waals surface area contributed by atoms with Crippen LogP contribution < -0.4 is 20.7 Å². The first-order chi connectivity index (χ1) is 15.8. The minimum atomic E-state index is -1.33. The lowest BCUT2D eigenvalue weighted by Crippen LogP contribution is -2.35. The number of hydrogen-bond donors (Lipinski definition) is 4. The number of carbonyl (C=O) groups is 2. The maximum absolute atomic E-state index is 12.4. The second-order valence-electron chi connectivity index (χ2n) is 8.85. The number of amides is 2. The number of nitrogens with one attached hydrogen (secondary N) is 3. The van der Waals surface area contributed by atoms with E-state index >= 15 is 0 Å². The lowest BCUT2D eigenvalue weighted by molar-refractivity contribution is 0.144. The monoisotopic (exact) mass is 445 g/mol. The summed E-state index contributed by atoms with van der Waals surface area (Å²) in [6.45, 7) is 4.77. The third-order valence-corrected chi connectivity index (χ3v) is 5.78. The van der Waals surface area contributed by atoms with Crippen molar-refractivity contribution in [2.24, 2.45) is 5.41 Å². The molecule has 0 saturated heterocycles. The van der Waals surface area contributed by atoms with E-state index in [9.17, 15) is 9.59 Å². The van der Waals surface area contributed by atoms with Crippen molar-refractivity contribution in [1.82, 2.24) is 5.32 Å². The van der Waals surface area contributed by atoms with E-state index in [0.29, 0.717) is 18.0 Å². The van der Waals surface area contributed by atoms with E-state index in [4.69, 9.17) is 9.84 Å². The fraction of sp³-hybridized carbons (Fsp3) is 0.231. The Kier molecular flexibility index (Phi) is 6.22. The van der Waals surface area contributed by atoms with E-state index in [-0.39, 0.29) is 17.5 Å². The van der Waals surface area contributed by atoms with Crippen molar-refractivity contribution in [3.8, 4) is 5.75 Å². The summed E-state index contributed by atoms with van der Waals surface area (Å²) in [5.41, 5.74) is 4.58. The topological polar surface area (TPSA) is 99.7 Å². The predicted molar refractivity (Wildman–Crippen MR) is 128 cm³/mol. The van der Waals surface area contributed by atoms with Gasteiger partial charge in [-0.05, 0) is 58.9 Å². The summed E-state index contributed by atoms with van der Waals surface area (Å²) in [6, 6.07) is 22.6. The summed E-state index contributed by atoms with van der Waals surface area (Å²) >= 11 is 0. The Morgan fingerprint density at radius 1 is 1.06 bits per heavy atom. The van der Waals surface area contributed by atoms with E-state index < -0.39 is 6.16 Å². The van der Waals surface area contributed by atoms with E-state index in [1.54, 1.807) is 12.1 Å². The van der Waals surface area contributed by atoms with Crippen LogP contribution >= 0.6 is 0 Å². The second kappa shape index (κ2) is 9.24. The van der Waals surface area contributed by atoms with E-state index in [1.165, 1.54) is 0 Å². The average Bonchev–Trinajstić information content (AvgIpc) is 2.77. The van der Waals surface area contributed by atoms with Crippen molar-refractivity contribution in [3.63, 3.8) is 0 Å². The van der Waals surface area contributed by atoms with Crippen LogP contribution in [0.15, 0.2) is 72.8 Å². The van der Waals surface area contributed by atoms with Gasteiger partial charge in [0.05, 0.1) is 6.04 Å². The molecule has 3 aromatic rings. The minimum Gasteiger partial charge on any atom is -0.449 e. The third kappa shape index (κ3) is 5.44. The maximum atomic E-state index is 12.4. The fourth-order valence-corrected chi connectivity index (χ4v) is 4.25.